The fourth-order valence-electron chi connectivity index (χ4n) is 1.77. The zero-order chi connectivity index (χ0) is 9.03. The summed E-state index contributed by atoms with van der Waals surface area (Å²) in [5.74, 6) is 0. The van der Waals surface area contributed by atoms with Gasteiger partial charge in [0, 0.05) is 7.11 Å². The van der Waals surface area contributed by atoms with Gasteiger partial charge in [-0.15, -0.1) is 0 Å². The van der Waals surface area contributed by atoms with Crippen LogP contribution in [0, 0.1) is 0 Å². The molecule has 0 aliphatic heterocycles. The van der Waals surface area contributed by atoms with Crippen LogP contribution in [0.2, 0.25) is 0 Å². The highest BCUT2D eigenvalue weighted by Gasteiger charge is 2.31. The molecular formula is C10H18O2. The molecule has 0 N–H and O–H groups in total. The monoisotopic (exact) mass is 170 g/mol. The maximum absolute atomic E-state index is 5.65. The van der Waals surface area contributed by atoms with Gasteiger partial charge in [-0.25, -0.2) is 0 Å². The van der Waals surface area contributed by atoms with E-state index in [-0.39, 0.29) is 5.60 Å². The van der Waals surface area contributed by atoms with Crippen molar-refractivity contribution in [2.24, 2.45) is 0 Å². The summed E-state index contributed by atoms with van der Waals surface area (Å²) in [6.07, 6.45) is 5.61. The average Bonchev–Trinajstić information content (AvgIpc) is 2.44. The minimum absolute atomic E-state index is 0.0508. The number of hydrogen-bond acceptors (Lipinski definition) is 2. The second-order valence-electron chi connectivity index (χ2n) is 3.40. The zero-order valence-corrected chi connectivity index (χ0v) is 8.22. The van der Waals surface area contributed by atoms with Crippen molar-refractivity contribution in [2.45, 2.75) is 38.7 Å². The lowest BCUT2D eigenvalue weighted by Gasteiger charge is -2.27. The predicted octanol–water partition coefficient (Wildman–Crippen LogP) is 2.50. The van der Waals surface area contributed by atoms with Gasteiger partial charge in [0.2, 0.25) is 0 Å². The van der Waals surface area contributed by atoms with Crippen molar-refractivity contribution < 1.29 is 9.47 Å². The van der Waals surface area contributed by atoms with E-state index in [2.05, 4.69) is 19.9 Å². The molecule has 0 spiro atoms. The topological polar surface area (TPSA) is 18.5 Å². The first-order valence-electron chi connectivity index (χ1n) is 4.55. The lowest BCUT2D eigenvalue weighted by atomic mass is 9.96. The van der Waals surface area contributed by atoms with Crippen LogP contribution in [0.25, 0.3) is 0 Å². The van der Waals surface area contributed by atoms with Crippen LogP contribution in [-0.2, 0) is 9.47 Å². The molecule has 12 heavy (non-hydrogen) atoms. The van der Waals surface area contributed by atoms with Gasteiger partial charge in [0.15, 0.2) is 0 Å². The molecule has 1 rings (SSSR count). The third kappa shape index (κ3) is 1.87. The van der Waals surface area contributed by atoms with E-state index in [0.717, 1.165) is 19.3 Å². The molecule has 0 amide bonds. The van der Waals surface area contributed by atoms with Crippen molar-refractivity contribution >= 4 is 0 Å². The molecule has 70 valence electrons. The van der Waals surface area contributed by atoms with Crippen LogP contribution >= 0.6 is 0 Å². The van der Waals surface area contributed by atoms with E-state index in [4.69, 9.17) is 9.47 Å². The Balaban J connectivity index is 2.52. The molecule has 1 aliphatic carbocycles. The van der Waals surface area contributed by atoms with Gasteiger partial charge in [0.1, 0.15) is 6.79 Å². The summed E-state index contributed by atoms with van der Waals surface area (Å²) in [6.45, 7) is 4.72. The average molecular weight is 170 g/mol. The number of methoxy groups -OCH3 is 1. The second kappa shape index (κ2) is 4.06. The van der Waals surface area contributed by atoms with Gasteiger partial charge in [-0.3, -0.25) is 0 Å². The summed E-state index contributed by atoms with van der Waals surface area (Å²) in [5.41, 5.74) is 1.37. The molecule has 0 radical (unpaired) electrons. The minimum Gasteiger partial charge on any atom is -0.359 e. The van der Waals surface area contributed by atoms with Crippen molar-refractivity contribution in [3.8, 4) is 0 Å². The molecule has 1 atom stereocenters. The zero-order valence-electron chi connectivity index (χ0n) is 8.22. The first kappa shape index (κ1) is 9.75. The summed E-state index contributed by atoms with van der Waals surface area (Å²) < 4.78 is 10.6. The quantitative estimate of drug-likeness (QED) is 0.476. The van der Waals surface area contributed by atoms with Crippen LogP contribution in [-0.4, -0.2) is 19.5 Å². The Morgan fingerprint density at radius 2 is 2.33 bits per heavy atom. The van der Waals surface area contributed by atoms with Crippen LogP contribution in [0.3, 0.4) is 0 Å². The molecule has 1 unspecified atom stereocenters. The molecule has 2 heteroatoms. The lowest BCUT2D eigenvalue weighted by Crippen LogP contribution is -2.28. The summed E-state index contributed by atoms with van der Waals surface area (Å²) in [4.78, 5) is 0. The van der Waals surface area contributed by atoms with E-state index in [0.29, 0.717) is 6.79 Å². The van der Waals surface area contributed by atoms with Crippen molar-refractivity contribution in [1.82, 2.24) is 0 Å². The molecule has 0 bridgehead atoms. The van der Waals surface area contributed by atoms with Crippen molar-refractivity contribution in [2.75, 3.05) is 13.9 Å². The maximum Gasteiger partial charge on any atom is 0.147 e. The first-order chi connectivity index (χ1) is 5.73. The van der Waals surface area contributed by atoms with E-state index >= 15 is 0 Å². The standard InChI is InChI=1S/C10H18O2/c1-4-9-6-5-7-10(9,2)12-8-11-3/h6H,4-5,7-8H2,1-3H3. The lowest BCUT2D eigenvalue weighted by molar-refractivity contribution is -0.105. The molecular weight excluding hydrogens is 152 g/mol. The molecule has 0 saturated carbocycles. The van der Waals surface area contributed by atoms with Gasteiger partial charge >= 0.3 is 0 Å². The van der Waals surface area contributed by atoms with Crippen molar-refractivity contribution in [1.29, 1.82) is 0 Å². The molecule has 2 nitrogen and oxygen atoms in total. The maximum atomic E-state index is 5.65. The van der Waals surface area contributed by atoms with E-state index in [1.165, 1.54) is 5.57 Å². The van der Waals surface area contributed by atoms with E-state index < -0.39 is 0 Å². The summed E-state index contributed by atoms with van der Waals surface area (Å²) >= 11 is 0. The Kier molecular flexibility index (Phi) is 3.29. The molecule has 0 fully saturated rings. The molecule has 0 saturated heterocycles. The number of rotatable bonds is 4. The molecule has 0 heterocycles. The number of hydrogen-bond donors (Lipinski definition) is 0. The minimum atomic E-state index is -0.0508. The molecule has 1 aliphatic rings. The first-order valence-corrected chi connectivity index (χ1v) is 4.55. The van der Waals surface area contributed by atoms with Crippen LogP contribution in [0.4, 0.5) is 0 Å². The second-order valence-corrected chi connectivity index (χ2v) is 3.40. The Labute approximate surface area is 74.6 Å². The van der Waals surface area contributed by atoms with E-state index in [1.54, 1.807) is 7.11 Å². The van der Waals surface area contributed by atoms with Gasteiger partial charge in [0.25, 0.3) is 0 Å². The summed E-state index contributed by atoms with van der Waals surface area (Å²) in [5, 5.41) is 0. The smallest absolute Gasteiger partial charge is 0.147 e. The number of allylic oxidation sites excluding steroid dienone is 1. The largest absolute Gasteiger partial charge is 0.359 e. The molecule has 0 aromatic rings. The third-order valence-electron chi connectivity index (χ3n) is 2.57. The van der Waals surface area contributed by atoms with E-state index in [9.17, 15) is 0 Å². The Hall–Kier alpha value is -0.340. The Morgan fingerprint density at radius 3 is 2.92 bits per heavy atom. The fourth-order valence-corrected chi connectivity index (χ4v) is 1.77. The van der Waals surface area contributed by atoms with Crippen LogP contribution < -0.4 is 0 Å². The molecule has 0 aromatic heterocycles. The SMILES string of the molecule is CCC1=CCCC1(C)OCOC. The highest BCUT2D eigenvalue weighted by Crippen LogP contribution is 2.35. The van der Waals surface area contributed by atoms with Gasteiger partial charge in [-0.1, -0.05) is 13.0 Å². The number of ether oxygens (including phenoxy) is 2. The Morgan fingerprint density at radius 1 is 1.58 bits per heavy atom. The normalized spacial score (nSPS) is 29.1. The van der Waals surface area contributed by atoms with Gasteiger partial charge in [0.05, 0.1) is 5.60 Å². The fraction of sp³-hybridized carbons (Fsp3) is 0.800. The van der Waals surface area contributed by atoms with Crippen molar-refractivity contribution in [3.05, 3.63) is 11.6 Å². The summed E-state index contributed by atoms with van der Waals surface area (Å²) in [6, 6.07) is 0. The van der Waals surface area contributed by atoms with E-state index in [1.807, 2.05) is 0 Å². The Bertz CT molecular complexity index is 175. The van der Waals surface area contributed by atoms with Crippen LogP contribution in [0.5, 0.6) is 0 Å². The van der Waals surface area contributed by atoms with Crippen LogP contribution in [0.1, 0.15) is 33.1 Å². The van der Waals surface area contributed by atoms with Crippen molar-refractivity contribution in [3.63, 3.8) is 0 Å². The molecule has 0 aromatic carbocycles. The van der Waals surface area contributed by atoms with Gasteiger partial charge < -0.3 is 9.47 Å². The third-order valence-corrected chi connectivity index (χ3v) is 2.57. The highest BCUT2D eigenvalue weighted by molar-refractivity contribution is 5.21. The van der Waals surface area contributed by atoms with Gasteiger partial charge in [-0.2, -0.15) is 0 Å². The summed E-state index contributed by atoms with van der Waals surface area (Å²) in [7, 11) is 1.66. The van der Waals surface area contributed by atoms with Crippen LogP contribution in [0.15, 0.2) is 11.6 Å². The van der Waals surface area contributed by atoms with Gasteiger partial charge in [-0.05, 0) is 31.8 Å². The highest BCUT2D eigenvalue weighted by atomic mass is 16.7. The predicted molar refractivity (Wildman–Crippen MR) is 49.0 cm³/mol.